The molecule has 0 aromatic rings. The zero-order valence-electron chi connectivity index (χ0n) is 12.1. The van der Waals surface area contributed by atoms with E-state index < -0.39 is 11.9 Å². The number of nitriles is 2. The molecule has 20 heavy (non-hydrogen) atoms. The van der Waals surface area contributed by atoms with Crippen LogP contribution < -0.4 is 0 Å². The molecule has 0 heterocycles. The van der Waals surface area contributed by atoms with Crippen molar-refractivity contribution < 1.29 is 9.90 Å². The van der Waals surface area contributed by atoms with Gasteiger partial charge >= 0.3 is 0 Å². The van der Waals surface area contributed by atoms with Gasteiger partial charge in [0.25, 0.3) is 0 Å². The van der Waals surface area contributed by atoms with Gasteiger partial charge in [0, 0.05) is 11.1 Å². The number of hydrogen-bond acceptors (Lipinski definition) is 4. The number of allylic oxidation sites excluding steroid dienone is 7. The Morgan fingerprint density at radius 2 is 1.95 bits per heavy atom. The third-order valence-corrected chi connectivity index (χ3v) is 2.43. The Labute approximate surface area is 119 Å². The topological polar surface area (TPSA) is 84.9 Å². The van der Waals surface area contributed by atoms with Crippen LogP contribution in [0.5, 0.6) is 0 Å². The summed E-state index contributed by atoms with van der Waals surface area (Å²) in [6, 6.07) is 3.83. The van der Waals surface area contributed by atoms with E-state index in [4.69, 9.17) is 10.5 Å². The van der Waals surface area contributed by atoms with Gasteiger partial charge in [-0.3, -0.25) is 4.79 Å². The first-order chi connectivity index (χ1) is 9.51. The van der Waals surface area contributed by atoms with E-state index in [1.54, 1.807) is 13.8 Å². The van der Waals surface area contributed by atoms with Crippen LogP contribution in [0.15, 0.2) is 46.6 Å². The molecule has 1 rings (SSSR count). The molecular formula is C16H18N2O2. The van der Waals surface area contributed by atoms with Gasteiger partial charge in [-0.1, -0.05) is 26.0 Å². The highest BCUT2D eigenvalue weighted by atomic mass is 16.3. The maximum absolute atomic E-state index is 11.6. The van der Waals surface area contributed by atoms with Gasteiger partial charge in [-0.15, -0.1) is 0 Å². The molecule has 1 N–H and O–H groups in total. The van der Waals surface area contributed by atoms with Gasteiger partial charge in [0.05, 0.1) is 12.2 Å². The lowest BCUT2D eigenvalue weighted by Gasteiger charge is -2.12. The fourth-order valence-corrected chi connectivity index (χ4v) is 1.51. The fourth-order valence-electron chi connectivity index (χ4n) is 1.51. The van der Waals surface area contributed by atoms with Crippen molar-refractivity contribution in [3.8, 4) is 12.1 Å². The van der Waals surface area contributed by atoms with Crippen LogP contribution in [0.1, 0.15) is 27.7 Å². The molecule has 0 aliphatic heterocycles. The molecule has 0 fully saturated rings. The second kappa shape index (κ2) is 8.63. The highest BCUT2D eigenvalue weighted by molar-refractivity contribution is 6.10. The Hall–Kier alpha value is -2.43. The summed E-state index contributed by atoms with van der Waals surface area (Å²) in [4.78, 5) is 11.6. The van der Waals surface area contributed by atoms with E-state index in [1.807, 2.05) is 26.0 Å². The molecule has 0 bridgehead atoms. The summed E-state index contributed by atoms with van der Waals surface area (Å²) in [7, 11) is 0. The van der Waals surface area contributed by atoms with Crippen LogP contribution in [0.25, 0.3) is 0 Å². The van der Waals surface area contributed by atoms with Gasteiger partial charge in [0.2, 0.25) is 0 Å². The Bertz CT molecular complexity index is 577. The highest BCUT2D eigenvalue weighted by Crippen LogP contribution is 2.26. The molecule has 0 saturated carbocycles. The smallest absolute Gasteiger partial charge is 0.197 e. The van der Waals surface area contributed by atoms with Crippen LogP contribution in [-0.2, 0) is 4.79 Å². The lowest BCUT2D eigenvalue weighted by molar-refractivity contribution is -0.111. The molecule has 1 aliphatic rings. The maximum Gasteiger partial charge on any atom is 0.197 e. The molecule has 104 valence electrons. The quantitative estimate of drug-likeness (QED) is 0.782. The van der Waals surface area contributed by atoms with Gasteiger partial charge in [-0.2, -0.15) is 10.5 Å². The van der Waals surface area contributed by atoms with Crippen LogP contribution >= 0.6 is 0 Å². The molecule has 4 nitrogen and oxygen atoms in total. The second-order valence-corrected chi connectivity index (χ2v) is 3.85. The highest BCUT2D eigenvalue weighted by Gasteiger charge is 2.19. The lowest BCUT2D eigenvalue weighted by atomic mass is 9.89. The molecule has 1 aliphatic carbocycles. The molecule has 0 amide bonds. The SMILES string of the molecule is C/C(C#N)=C1/C=CC(=O)C(C#N)=C1/C=C\C(C)O.CC. The number of carbonyl (C=O) groups is 1. The Kier molecular flexibility index (Phi) is 7.58. The monoisotopic (exact) mass is 270 g/mol. The van der Waals surface area contributed by atoms with Crippen LogP contribution in [-0.4, -0.2) is 17.0 Å². The Morgan fingerprint density at radius 3 is 2.40 bits per heavy atom. The molecule has 0 radical (unpaired) electrons. The lowest BCUT2D eigenvalue weighted by Crippen LogP contribution is -2.08. The van der Waals surface area contributed by atoms with Gasteiger partial charge in [0.15, 0.2) is 5.78 Å². The number of carbonyl (C=O) groups excluding carboxylic acids is 1. The molecule has 0 aromatic carbocycles. The summed E-state index contributed by atoms with van der Waals surface area (Å²) in [5, 5.41) is 27.1. The number of aliphatic hydroxyl groups is 1. The predicted octanol–water partition coefficient (Wildman–Crippen LogP) is 2.75. The number of nitrogens with zero attached hydrogens (tertiary/aromatic N) is 2. The average Bonchev–Trinajstić information content (AvgIpc) is 2.46. The Morgan fingerprint density at radius 1 is 1.35 bits per heavy atom. The first kappa shape index (κ1) is 17.6. The van der Waals surface area contributed by atoms with Crippen molar-refractivity contribution in [3.63, 3.8) is 0 Å². The zero-order valence-corrected chi connectivity index (χ0v) is 12.1. The first-order valence-corrected chi connectivity index (χ1v) is 6.35. The van der Waals surface area contributed by atoms with Crippen LogP contribution in [0.2, 0.25) is 0 Å². The molecule has 0 spiro atoms. The summed E-state index contributed by atoms with van der Waals surface area (Å²) in [5.74, 6) is -0.391. The van der Waals surface area contributed by atoms with Crippen molar-refractivity contribution in [3.05, 3.63) is 46.6 Å². The van der Waals surface area contributed by atoms with Crippen molar-refractivity contribution >= 4 is 5.78 Å². The van der Waals surface area contributed by atoms with E-state index in [2.05, 4.69) is 0 Å². The minimum absolute atomic E-state index is 0.0148. The van der Waals surface area contributed by atoms with Gasteiger partial charge < -0.3 is 5.11 Å². The van der Waals surface area contributed by atoms with Gasteiger partial charge in [-0.25, -0.2) is 0 Å². The van der Waals surface area contributed by atoms with Crippen molar-refractivity contribution in [2.24, 2.45) is 0 Å². The Balaban J connectivity index is 0.00000172. The molecule has 4 heteroatoms. The molecule has 1 unspecified atom stereocenters. The standard InChI is InChI=1S/C14H12N2O2.C2H6/c1-9(7-15)11-5-6-14(18)13(8-16)12(11)4-3-10(2)17;1-2/h3-6,10,17H,1-2H3;1-2H3/b4-3-,11-9+;. The molecule has 0 aromatic heterocycles. The zero-order chi connectivity index (χ0) is 15.7. The molecule has 1 atom stereocenters. The van der Waals surface area contributed by atoms with Crippen molar-refractivity contribution in [2.75, 3.05) is 0 Å². The van der Waals surface area contributed by atoms with E-state index in [0.29, 0.717) is 16.7 Å². The van der Waals surface area contributed by atoms with E-state index in [1.165, 1.54) is 24.3 Å². The van der Waals surface area contributed by atoms with E-state index >= 15 is 0 Å². The summed E-state index contributed by atoms with van der Waals surface area (Å²) < 4.78 is 0. The molecule has 0 saturated heterocycles. The van der Waals surface area contributed by atoms with Crippen LogP contribution in [0.3, 0.4) is 0 Å². The van der Waals surface area contributed by atoms with E-state index in [-0.39, 0.29) is 5.57 Å². The minimum Gasteiger partial charge on any atom is -0.389 e. The maximum atomic E-state index is 11.6. The van der Waals surface area contributed by atoms with Gasteiger partial charge in [-0.05, 0) is 31.6 Å². The van der Waals surface area contributed by atoms with Crippen molar-refractivity contribution in [2.45, 2.75) is 33.8 Å². The van der Waals surface area contributed by atoms with E-state index in [9.17, 15) is 9.90 Å². The average molecular weight is 270 g/mol. The number of ketones is 1. The van der Waals surface area contributed by atoms with E-state index in [0.717, 1.165) is 0 Å². The van der Waals surface area contributed by atoms with Crippen molar-refractivity contribution in [1.82, 2.24) is 0 Å². The summed E-state index contributed by atoms with van der Waals surface area (Å²) in [6.45, 7) is 7.17. The largest absolute Gasteiger partial charge is 0.389 e. The van der Waals surface area contributed by atoms with Crippen LogP contribution in [0, 0.1) is 22.7 Å². The second-order valence-electron chi connectivity index (χ2n) is 3.85. The fraction of sp³-hybridized carbons (Fsp3) is 0.312. The summed E-state index contributed by atoms with van der Waals surface area (Å²) in [6.07, 6.45) is 5.06. The number of aliphatic hydroxyl groups excluding tert-OH is 1. The summed E-state index contributed by atoms with van der Waals surface area (Å²) in [5.41, 5.74) is 1.31. The van der Waals surface area contributed by atoms with Crippen molar-refractivity contribution in [1.29, 1.82) is 10.5 Å². The normalized spacial score (nSPS) is 18.1. The molecular weight excluding hydrogens is 252 g/mol. The summed E-state index contributed by atoms with van der Waals surface area (Å²) >= 11 is 0. The minimum atomic E-state index is -0.693. The third kappa shape index (κ3) is 4.35. The third-order valence-electron chi connectivity index (χ3n) is 2.43. The number of hydrogen-bond donors (Lipinski definition) is 1. The van der Waals surface area contributed by atoms with Crippen LogP contribution in [0.4, 0.5) is 0 Å². The first-order valence-electron chi connectivity index (χ1n) is 6.35. The van der Waals surface area contributed by atoms with Gasteiger partial charge in [0.1, 0.15) is 11.6 Å². The number of rotatable bonds is 2. The predicted molar refractivity (Wildman–Crippen MR) is 77.3 cm³/mol.